The van der Waals surface area contributed by atoms with Gasteiger partial charge >= 0.3 is 0 Å². The average molecular weight is 398 g/mol. The lowest BCUT2D eigenvalue weighted by molar-refractivity contribution is 0.0936. The second-order valence-electron chi connectivity index (χ2n) is 6.47. The molecule has 3 rings (SSSR count). The molecule has 5 heteroatoms. The summed E-state index contributed by atoms with van der Waals surface area (Å²) in [5.41, 5.74) is 2.35. The maximum Gasteiger partial charge on any atom is 0.255 e. The van der Waals surface area contributed by atoms with E-state index in [-0.39, 0.29) is 17.8 Å². The fourth-order valence-corrected chi connectivity index (χ4v) is 3.01. The largest absolute Gasteiger partial charge is 0.492 e. The van der Waals surface area contributed by atoms with Gasteiger partial charge in [-0.05, 0) is 48.4 Å². The first-order chi connectivity index (χ1) is 13.5. The molecule has 28 heavy (non-hydrogen) atoms. The van der Waals surface area contributed by atoms with E-state index < -0.39 is 0 Å². The Labute approximate surface area is 169 Å². The van der Waals surface area contributed by atoms with Gasteiger partial charge in [0.1, 0.15) is 11.6 Å². The Bertz CT molecular complexity index is 929. The van der Waals surface area contributed by atoms with Crippen LogP contribution in [-0.4, -0.2) is 12.5 Å². The molecule has 3 aromatic rings. The molecule has 3 nitrogen and oxygen atoms in total. The van der Waals surface area contributed by atoms with Crippen LogP contribution in [0, 0.1) is 5.82 Å². The van der Waals surface area contributed by atoms with Crippen molar-refractivity contribution in [2.75, 3.05) is 6.61 Å². The van der Waals surface area contributed by atoms with E-state index in [1.807, 2.05) is 37.3 Å². The Morgan fingerprint density at radius 3 is 2.50 bits per heavy atom. The molecule has 1 atom stereocenters. The first kappa shape index (κ1) is 19.9. The molecular weight excluding hydrogens is 377 g/mol. The smallest absolute Gasteiger partial charge is 0.255 e. The Kier molecular flexibility index (Phi) is 6.66. The van der Waals surface area contributed by atoms with Gasteiger partial charge < -0.3 is 10.1 Å². The van der Waals surface area contributed by atoms with Crippen molar-refractivity contribution >= 4 is 17.5 Å². The van der Waals surface area contributed by atoms with Gasteiger partial charge in [0.25, 0.3) is 5.91 Å². The molecule has 0 aliphatic carbocycles. The van der Waals surface area contributed by atoms with E-state index >= 15 is 0 Å². The second kappa shape index (κ2) is 9.38. The van der Waals surface area contributed by atoms with E-state index in [0.717, 1.165) is 11.1 Å². The zero-order chi connectivity index (χ0) is 19.9. The van der Waals surface area contributed by atoms with Gasteiger partial charge in [0.2, 0.25) is 0 Å². The maximum atomic E-state index is 13.0. The van der Waals surface area contributed by atoms with Gasteiger partial charge in [-0.2, -0.15) is 0 Å². The minimum Gasteiger partial charge on any atom is -0.492 e. The van der Waals surface area contributed by atoms with Crippen molar-refractivity contribution in [3.05, 3.63) is 100 Å². The highest BCUT2D eigenvalue weighted by Gasteiger charge is 2.16. The van der Waals surface area contributed by atoms with Crippen LogP contribution in [0.1, 0.15) is 34.5 Å². The third-order valence-electron chi connectivity index (χ3n) is 4.39. The van der Waals surface area contributed by atoms with Gasteiger partial charge in [-0.25, -0.2) is 4.39 Å². The zero-order valence-electron chi connectivity index (χ0n) is 15.5. The number of nitrogens with one attached hydrogen (secondary N) is 1. The molecule has 3 aromatic carbocycles. The molecule has 0 aliphatic rings. The molecule has 0 radical (unpaired) electrons. The van der Waals surface area contributed by atoms with E-state index in [4.69, 9.17) is 16.3 Å². The summed E-state index contributed by atoms with van der Waals surface area (Å²) in [7, 11) is 0. The third-order valence-corrected chi connectivity index (χ3v) is 4.63. The normalized spacial score (nSPS) is 11.7. The molecule has 0 spiro atoms. The maximum absolute atomic E-state index is 13.0. The van der Waals surface area contributed by atoms with Crippen LogP contribution in [0.4, 0.5) is 4.39 Å². The van der Waals surface area contributed by atoms with Crippen molar-refractivity contribution in [1.29, 1.82) is 0 Å². The number of benzene rings is 3. The van der Waals surface area contributed by atoms with Gasteiger partial charge in [-0.15, -0.1) is 0 Å². The Morgan fingerprint density at radius 1 is 1.07 bits per heavy atom. The van der Waals surface area contributed by atoms with E-state index in [0.29, 0.717) is 29.4 Å². The predicted molar refractivity (Wildman–Crippen MR) is 109 cm³/mol. The van der Waals surface area contributed by atoms with Crippen LogP contribution < -0.4 is 10.1 Å². The summed E-state index contributed by atoms with van der Waals surface area (Å²) in [5.74, 6) is -0.0613. The van der Waals surface area contributed by atoms with Crippen molar-refractivity contribution in [2.45, 2.75) is 19.4 Å². The highest BCUT2D eigenvalue weighted by atomic mass is 35.5. The van der Waals surface area contributed by atoms with Gasteiger partial charge in [0.15, 0.2) is 0 Å². The molecule has 0 unspecified atom stereocenters. The van der Waals surface area contributed by atoms with Gasteiger partial charge in [-0.3, -0.25) is 4.79 Å². The van der Waals surface area contributed by atoms with Gasteiger partial charge in [-0.1, -0.05) is 54.1 Å². The molecule has 0 bridgehead atoms. The summed E-state index contributed by atoms with van der Waals surface area (Å²) < 4.78 is 18.8. The second-order valence-corrected chi connectivity index (χ2v) is 6.91. The number of hydrogen-bond acceptors (Lipinski definition) is 2. The summed E-state index contributed by atoms with van der Waals surface area (Å²) in [6.45, 7) is 2.29. The van der Waals surface area contributed by atoms with Crippen LogP contribution in [0.2, 0.25) is 5.02 Å². The Hall–Kier alpha value is -2.85. The quantitative estimate of drug-likeness (QED) is 0.564. The lowest BCUT2D eigenvalue weighted by atomic mass is 10.1. The van der Waals surface area contributed by atoms with Crippen molar-refractivity contribution in [3.8, 4) is 5.75 Å². The monoisotopic (exact) mass is 397 g/mol. The van der Waals surface area contributed by atoms with Crippen LogP contribution in [0.3, 0.4) is 0 Å². The summed E-state index contributed by atoms with van der Waals surface area (Å²) in [5, 5.41) is 3.44. The van der Waals surface area contributed by atoms with Crippen molar-refractivity contribution in [1.82, 2.24) is 5.32 Å². The SMILES string of the molecule is C[C@H](NC(=O)c1cc(Cl)ccc1OCCc1ccc(F)cc1)c1ccccc1. The minimum absolute atomic E-state index is 0.153. The standard InChI is InChI=1S/C23H21ClFNO2/c1-16(18-5-3-2-4-6-18)26-23(27)21-15-19(24)9-12-22(21)28-14-13-17-7-10-20(25)11-8-17/h2-12,15-16H,13-14H2,1H3,(H,26,27)/t16-/m0/s1. The van der Waals surface area contributed by atoms with E-state index in [1.54, 1.807) is 30.3 Å². The van der Waals surface area contributed by atoms with Crippen molar-refractivity contribution < 1.29 is 13.9 Å². The lowest BCUT2D eigenvalue weighted by Crippen LogP contribution is -2.27. The van der Waals surface area contributed by atoms with Crippen LogP contribution >= 0.6 is 11.6 Å². The molecule has 1 N–H and O–H groups in total. The van der Waals surface area contributed by atoms with E-state index in [1.165, 1.54) is 12.1 Å². The molecule has 0 aliphatic heterocycles. The highest BCUT2D eigenvalue weighted by molar-refractivity contribution is 6.31. The number of halogens is 2. The number of hydrogen-bond donors (Lipinski definition) is 1. The van der Waals surface area contributed by atoms with Crippen LogP contribution in [-0.2, 0) is 6.42 Å². The number of ether oxygens (including phenoxy) is 1. The first-order valence-corrected chi connectivity index (χ1v) is 9.43. The van der Waals surface area contributed by atoms with Crippen LogP contribution in [0.5, 0.6) is 5.75 Å². The van der Waals surface area contributed by atoms with Crippen molar-refractivity contribution in [2.24, 2.45) is 0 Å². The average Bonchev–Trinajstić information content (AvgIpc) is 2.71. The predicted octanol–water partition coefficient (Wildman–Crippen LogP) is 5.59. The molecule has 1 amide bonds. The minimum atomic E-state index is -0.270. The van der Waals surface area contributed by atoms with E-state index in [2.05, 4.69) is 5.32 Å². The van der Waals surface area contributed by atoms with Crippen LogP contribution in [0.25, 0.3) is 0 Å². The van der Waals surface area contributed by atoms with Gasteiger partial charge in [0.05, 0.1) is 18.2 Å². The van der Waals surface area contributed by atoms with Crippen LogP contribution in [0.15, 0.2) is 72.8 Å². The van der Waals surface area contributed by atoms with Crippen molar-refractivity contribution in [3.63, 3.8) is 0 Å². The fraction of sp³-hybridized carbons (Fsp3) is 0.174. The molecule has 0 aromatic heterocycles. The third kappa shape index (κ3) is 5.33. The Balaban J connectivity index is 1.67. The highest BCUT2D eigenvalue weighted by Crippen LogP contribution is 2.24. The summed E-state index contributed by atoms with van der Waals surface area (Å²) in [6, 6.07) is 20.8. The summed E-state index contributed by atoms with van der Waals surface area (Å²) >= 11 is 6.09. The number of rotatable bonds is 7. The summed E-state index contributed by atoms with van der Waals surface area (Å²) in [4.78, 5) is 12.8. The molecule has 0 heterocycles. The zero-order valence-corrected chi connectivity index (χ0v) is 16.2. The van der Waals surface area contributed by atoms with Gasteiger partial charge in [0, 0.05) is 11.4 Å². The number of amides is 1. The Morgan fingerprint density at radius 2 is 1.79 bits per heavy atom. The summed E-state index contributed by atoms with van der Waals surface area (Å²) in [6.07, 6.45) is 0.602. The number of carbonyl (C=O) groups is 1. The molecule has 0 saturated heterocycles. The molecule has 144 valence electrons. The molecule has 0 saturated carbocycles. The first-order valence-electron chi connectivity index (χ1n) is 9.05. The fourth-order valence-electron chi connectivity index (χ4n) is 2.83. The van der Waals surface area contributed by atoms with E-state index in [9.17, 15) is 9.18 Å². The molecular formula is C23H21ClFNO2. The number of carbonyl (C=O) groups excluding carboxylic acids is 1. The topological polar surface area (TPSA) is 38.3 Å². The molecule has 0 fully saturated rings. The lowest BCUT2D eigenvalue weighted by Gasteiger charge is -2.17.